The van der Waals surface area contributed by atoms with E-state index >= 15 is 0 Å². The van der Waals surface area contributed by atoms with Gasteiger partial charge in [-0.25, -0.2) is 0 Å². The third-order valence-electron chi connectivity index (χ3n) is 5.68. The number of furan rings is 1. The normalized spacial score (nSPS) is 13.8. The van der Waals surface area contributed by atoms with Crippen LogP contribution in [0.25, 0.3) is 22.4 Å². The first-order valence-corrected chi connectivity index (χ1v) is 10.5. The van der Waals surface area contributed by atoms with Crippen molar-refractivity contribution in [2.24, 2.45) is 0 Å². The molecule has 2 aromatic carbocycles. The van der Waals surface area contributed by atoms with Crippen molar-refractivity contribution < 1.29 is 9.21 Å². The lowest BCUT2D eigenvalue weighted by Gasteiger charge is -2.09. The zero-order chi connectivity index (χ0) is 20.5. The third kappa shape index (κ3) is 3.61. The molecular formula is C24H24N4O2. The number of aromatic nitrogens is 3. The van der Waals surface area contributed by atoms with Gasteiger partial charge in [-0.3, -0.25) is 4.79 Å². The van der Waals surface area contributed by atoms with Crippen molar-refractivity contribution in [3.63, 3.8) is 0 Å². The quantitative estimate of drug-likeness (QED) is 0.528. The molecule has 1 aliphatic heterocycles. The van der Waals surface area contributed by atoms with E-state index < -0.39 is 0 Å². The van der Waals surface area contributed by atoms with Crippen molar-refractivity contribution in [1.82, 2.24) is 14.8 Å². The van der Waals surface area contributed by atoms with E-state index in [1.807, 2.05) is 49.4 Å². The van der Waals surface area contributed by atoms with Gasteiger partial charge in [0.25, 0.3) is 0 Å². The molecule has 5 rings (SSSR count). The van der Waals surface area contributed by atoms with Crippen LogP contribution >= 0.6 is 0 Å². The Morgan fingerprint density at radius 3 is 3.00 bits per heavy atom. The molecule has 1 amide bonds. The molecule has 1 N–H and O–H groups in total. The first-order valence-electron chi connectivity index (χ1n) is 10.5. The van der Waals surface area contributed by atoms with Gasteiger partial charge < -0.3 is 14.3 Å². The van der Waals surface area contributed by atoms with Gasteiger partial charge >= 0.3 is 0 Å². The summed E-state index contributed by atoms with van der Waals surface area (Å²) in [6.45, 7) is 2.97. The van der Waals surface area contributed by atoms with E-state index in [4.69, 9.17) is 4.42 Å². The third-order valence-corrected chi connectivity index (χ3v) is 5.68. The Kier molecular flexibility index (Phi) is 4.83. The molecule has 0 radical (unpaired) electrons. The zero-order valence-electron chi connectivity index (χ0n) is 17.0. The molecule has 0 fully saturated rings. The second-order valence-corrected chi connectivity index (χ2v) is 7.97. The predicted octanol–water partition coefficient (Wildman–Crippen LogP) is 4.91. The van der Waals surface area contributed by atoms with Gasteiger partial charge in [0, 0.05) is 35.2 Å². The first-order chi connectivity index (χ1) is 14.7. The van der Waals surface area contributed by atoms with Crippen LogP contribution in [0.5, 0.6) is 0 Å². The molecule has 6 nitrogen and oxygen atoms in total. The summed E-state index contributed by atoms with van der Waals surface area (Å²) >= 11 is 0. The van der Waals surface area contributed by atoms with Crippen LogP contribution in [-0.4, -0.2) is 20.7 Å². The minimum absolute atomic E-state index is 0.0736. The maximum absolute atomic E-state index is 12.7. The van der Waals surface area contributed by atoms with Crippen molar-refractivity contribution in [2.75, 3.05) is 5.32 Å². The van der Waals surface area contributed by atoms with Gasteiger partial charge in [-0.05, 0) is 43.5 Å². The van der Waals surface area contributed by atoms with Crippen LogP contribution in [0.4, 0.5) is 5.69 Å². The summed E-state index contributed by atoms with van der Waals surface area (Å²) in [7, 11) is 0. The summed E-state index contributed by atoms with van der Waals surface area (Å²) in [6.07, 6.45) is 6.44. The smallest absolute Gasteiger partial charge is 0.228 e. The summed E-state index contributed by atoms with van der Waals surface area (Å²) in [5.74, 6) is 1.86. The van der Waals surface area contributed by atoms with Crippen molar-refractivity contribution in [1.29, 1.82) is 0 Å². The number of aryl methyl sites for hydroxylation is 2. The molecule has 0 spiro atoms. The Balaban J connectivity index is 1.34. The van der Waals surface area contributed by atoms with Crippen molar-refractivity contribution in [2.45, 2.75) is 45.6 Å². The van der Waals surface area contributed by atoms with Crippen LogP contribution in [0.15, 0.2) is 53.1 Å². The van der Waals surface area contributed by atoms with Crippen LogP contribution in [0, 0.1) is 6.92 Å². The minimum Gasteiger partial charge on any atom is -0.464 e. The Morgan fingerprint density at radius 2 is 2.07 bits per heavy atom. The Morgan fingerprint density at radius 1 is 1.13 bits per heavy atom. The maximum Gasteiger partial charge on any atom is 0.228 e. The summed E-state index contributed by atoms with van der Waals surface area (Å²) in [6, 6.07) is 13.9. The zero-order valence-corrected chi connectivity index (χ0v) is 17.0. The van der Waals surface area contributed by atoms with E-state index in [9.17, 15) is 4.79 Å². The van der Waals surface area contributed by atoms with Gasteiger partial charge in [-0.15, -0.1) is 10.2 Å². The van der Waals surface area contributed by atoms with E-state index in [-0.39, 0.29) is 12.3 Å². The number of hydrogen-bond donors (Lipinski definition) is 1. The molecular weight excluding hydrogens is 376 g/mol. The average Bonchev–Trinajstić information content (AvgIpc) is 3.24. The van der Waals surface area contributed by atoms with Gasteiger partial charge in [0.1, 0.15) is 11.4 Å². The van der Waals surface area contributed by atoms with Crippen molar-refractivity contribution >= 4 is 22.6 Å². The number of hydrogen-bond acceptors (Lipinski definition) is 4. The SMILES string of the molecule is Cc1ccc2c(CC(=O)Nc3cccc(-c4nnc5n4CCCCC5)c3)coc2c1. The van der Waals surface area contributed by atoms with Crippen LogP contribution in [0.3, 0.4) is 0 Å². The summed E-state index contributed by atoms with van der Waals surface area (Å²) in [5, 5.41) is 12.8. The van der Waals surface area contributed by atoms with Crippen molar-refractivity contribution in [3.05, 3.63) is 65.7 Å². The maximum atomic E-state index is 12.7. The van der Waals surface area contributed by atoms with E-state index in [1.54, 1.807) is 6.26 Å². The molecule has 0 unspecified atom stereocenters. The van der Waals surface area contributed by atoms with E-state index in [0.717, 1.165) is 70.8 Å². The molecule has 3 heterocycles. The number of amides is 1. The summed E-state index contributed by atoms with van der Waals surface area (Å²) in [5.41, 5.74) is 4.56. The van der Waals surface area contributed by atoms with E-state index in [2.05, 4.69) is 20.1 Å². The highest BCUT2D eigenvalue weighted by atomic mass is 16.3. The van der Waals surface area contributed by atoms with Gasteiger partial charge in [0.05, 0.1) is 12.7 Å². The minimum atomic E-state index is -0.0736. The monoisotopic (exact) mass is 400 g/mol. The fourth-order valence-electron chi connectivity index (χ4n) is 4.14. The topological polar surface area (TPSA) is 73.0 Å². The number of benzene rings is 2. The highest BCUT2D eigenvalue weighted by Gasteiger charge is 2.17. The first kappa shape index (κ1) is 18.6. The van der Waals surface area contributed by atoms with Gasteiger partial charge in [-0.1, -0.05) is 30.7 Å². The number of nitrogens with one attached hydrogen (secondary N) is 1. The molecule has 0 saturated heterocycles. The van der Waals surface area contributed by atoms with E-state index in [1.165, 1.54) is 6.42 Å². The average molecular weight is 400 g/mol. The second kappa shape index (κ2) is 7.78. The van der Waals surface area contributed by atoms with Crippen LogP contribution < -0.4 is 5.32 Å². The molecule has 0 saturated carbocycles. The van der Waals surface area contributed by atoms with Crippen LogP contribution in [-0.2, 0) is 24.2 Å². The number of carbonyl (C=O) groups excluding carboxylic acids is 1. The van der Waals surface area contributed by atoms with Crippen molar-refractivity contribution in [3.8, 4) is 11.4 Å². The lowest BCUT2D eigenvalue weighted by molar-refractivity contribution is -0.115. The molecule has 1 aliphatic rings. The number of rotatable bonds is 4. The highest BCUT2D eigenvalue weighted by molar-refractivity contribution is 5.95. The Bertz CT molecular complexity index is 1220. The molecule has 152 valence electrons. The molecule has 0 bridgehead atoms. The molecule has 6 heteroatoms. The number of anilines is 1. The molecule has 0 atom stereocenters. The number of nitrogens with zero attached hydrogens (tertiary/aromatic N) is 3. The summed E-state index contributed by atoms with van der Waals surface area (Å²) in [4.78, 5) is 12.7. The fourth-order valence-corrected chi connectivity index (χ4v) is 4.14. The van der Waals surface area contributed by atoms with Gasteiger partial charge in [0.15, 0.2) is 5.82 Å². The highest BCUT2D eigenvalue weighted by Crippen LogP contribution is 2.26. The van der Waals surface area contributed by atoms with E-state index in [0.29, 0.717) is 0 Å². The largest absolute Gasteiger partial charge is 0.464 e. The van der Waals surface area contributed by atoms with Crippen LogP contribution in [0.2, 0.25) is 0 Å². The van der Waals surface area contributed by atoms with Gasteiger partial charge in [-0.2, -0.15) is 0 Å². The van der Waals surface area contributed by atoms with Gasteiger partial charge in [0.2, 0.25) is 5.91 Å². The number of fused-ring (bicyclic) bond motifs is 2. The molecule has 0 aliphatic carbocycles. The standard InChI is InChI=1S/C24H24N4O2/c1-16-9-10-20-18(15-30-21(20)12-16)14-23(29)25-19-7-5-6-17(13-19)24-27-26-22-8-3-2-4-11-28(22)24/h5-7,9-10,12-13,15H,2-4,8,11,14H2,1H3,(H,25,29). The Hall–Kier alpha value is -3.41. The Labute approximate surface area is 174 Å². The number of carbonyl (C=O) groups is 1. The molecule has 30 heavy (non-hydrogen) atoms. The lowest BCUT2D eigenvalue weighted by Crippen LogP contribution is -2.14. The van der Waals surface area contributed by atoms with Crippen LogP contribution in [0.1, 0.15) is 36.2 Å². The molecule has 4 aromatic rings. The fraction of sp³-hybridized carbons (Fsp3) is 0.292. The summed E-state index contributed by atoms with van der Waals surface area (Å²) < 4.78 is 7.83. The molecule has 2 aromatic heterocycles. The predicted molar refractivity (Wildman–Crippen MR) is 116 cm³/mol. The second-order valence-electron chi connectivity index (χ2n) is 7.97. The lowest BCUT2D eigenvalue weighted by atomic mass is 10.1.